The molecular formula is C11H11NO3S2. The van der Waals surface area contributed by atoms with Crippen LogP contribution in [0.15, 0.2) is 39.3 Å². The lowest BCUT2D eigenvalue weighted by Gasteiger charge is -1.99. The SMILES string of the molecule is Cn1sc(S(C)(=O)=O)c(-c2ccccc2)c1=O. The summed E-state index contributed by atoms with van der Waals surface area (Å²) in [6.07, 6.45) is 1.12. The molecule has 2 rings (SSSR count). The number of sulfone groups is 1. The van der Waals surface area contributed by atoms with E-state index >= 15 is 0 Å². The average molecular weight is 269 g/mol. The van der Waals surface area contributed by atoms with Gasteiger partial charge in [-0.25, -0.2) is 8.42 Å². The Bertz CT molecular complexity index is 696. The van der Waals surface area contributed by atoms with Gasteiger partial charge in [0.25, 0.3) is 5.56 Å². The predicted octanol–water partition coefficient (Wildman–Crippen LogP) is 1.52. The number of aromatic nitrogens is 1. The van der Waals surface area contributed by atoms with Crippen molar-refractivity contribution in [3.05, 3.63) is 40.7 Å². The molecule has 1 heterocycles. The lowest BCUT2D eigenvalue weighted by atomic mass is 10.1. The van der Waals surface area contributed by atoms with Gasteiger partial charge in [-0.1, -0.05) is 30.3 Å². The highest BCUT2D eigenvalue weighted by atomic mass is 32.2. The molecule has 0 unspecified atom stereocenters. The molecule has 4 nitrogen and oxygen atoms in total. The van der Waals surface area contributed by atoms with Crippen molar-refractivity contribution < 1.29 is 8.42 Å². The average Bonchev–Trinajstić information content (AvgIpc) is 2.57. The van der Waals surface area contributed by atoms with Gasteiger partial charge < -0.3 is 0 Å². The second kappa shape index (κ2) is 4.12. The maximum absolute atomic E-state index is 11.9. The number of hydrogen-bond donors (Lipinski definition) is 0. The fraction of sp³-hybridized carbons (Fsp3) is 0.182. The van der Waals surface area contributed by atoms with Gasteiger partial charge in [0.05, 0.1) is 5.56 Å². The number of aryl methyl sites for hydroxylation is 1. The van der Waals surface area contributed by atoms with Crippen LogP contribution in [0.4, 0.5) is 0 Å². The zero-order valence-corrected chi connectivity index (χ0v) is 11.0. The third-order valence-corrected chi connectivity index (χ3v) is 5.14. The summed E-state index contributed by atoms with van der Waals surface area (Å²) in [7, 11) is -1.82. The third-order valence-electron chi connectivity index (χ3n) is 2.32. The number of hydrogen-bond acceptors (Lipinski definition) is 4. The van der Waals surface area contributed by atoms with Crippen molar-refractivity contribution in [2.75, 3.05) is 6.26 Å². The molecule has 0 saturated heterocycles. The standard InChI is InChI=1S/C11H11NO3S2/c1-12-10(13)9(8-6-4-3-5-7-8)11(16-12)17(2,14)15/h3-7H,1-2H3. The van der Waals surface area contributed by atoms with Crippen LogP contribution in [0, 0.1) is 0 Å². The summed E-state index contributed by atoms with van der Waals surface area (Å²) in [6, 6.07) is 8.84. The van der Waals surface area contributed by atoms with Gasteiger partial charge in [-0.05, 0) is 17.1 Å². The largest absolute Gasteiger partial charge is 0.269 e. The third kappa shape index (κ3) is 2.18. The second-order valence-corrected chi connectivity index (χ2v) is 7.04. The molecule has 0 bridgehead atoms. The van der Waals surface area contributed by atoms with Crippen LogP contribution in [0.1, 0.15) is 0 Å². The summed E-state index contributed by atoms with van der Waals surface area (Å²) in [4.78, 5) is 11.9. The molecule has 0 saturated carbocycles. The summed E-state index contributed by atoms with van der Waals surface area (Å²) in [5.41, 5.74) is 0.622. The Hall–Kier alpha value is -1.40. The van der Waals surface area contributed by atoms with Gasteiger partial charge in [-0.3, -0.25) is 8.75 Å². The number of nitrogens with zero attached hydrogens (tertiary/aromatic N) is 1. The first-order valence-corrected chi connectivity index (χ1v) is 7.53. The maximum atomic E-state index is 11.9. The van der Waals surface area contributed by atoms with Crippen LogP contribution < -0.4 is 5.56 Å². The summed E-state index contributed by atoms with van der Waals surface area (Å²) in [6.45, 7) is 0. The van der Waals surface area contributed by atoms with E-state index in [1.54, 1.807) is 31.3 Å². The van der Waals surface area contributed by atoms with Gasteiger partial charge in [-0.15, -0.1) is 0 Å². The molecule has 17 heavy (non-hydrogen) atoms. The zero-order chi connectivity index (χ0) is 12.6. The van der Waals surface area contributed by atoms with Crippen LogP contribution in [0.25, 0.3) is 11.1 Å². The summed E-state index contributed by atoms with van der Waals surface area (Å²) in [5, 5.41) is 0. The van der Waals surface area contributed by atoms with Gasteiger partial charge in [0, 0.05) is 13.3 Å². The monoisotopic (exact) mass is 269 g/mol. The Morgan fingerprint density at radius 1 is 1.18 bits per heavy atom. The van der Waals surface area contributed by atoms with Gasteiger partial charge in [0.15, 0.2) is 9.84 Å². The number of rotatable bonds is 2. The minimum Gasteiger partial charge on any atom is -0.268 e. The van der Waals surface area contributed by atoms with E-state index in [0.717, 1.165) is 17.8 Å². The van der Waals surface area contributed by atoms with Crippen molar-refractivity contribution in [1.29, 1.82) is 0 Å². The topological polar surface area (TPSA) is 56.1 Å². The highest BCUT2D eigenvalue weighted by molar-refractivity contribution is 7.92. The lowest BCUT2D eigenvalue weighted by molar-refractivity contribution is 0.604. The van der Waals surface area contributed by atoms with Gasteiger partial charge >= 0.3 is 0 Å². The molecule has 0 aliphatic rings. The fourth-order valence-electron chi connectivity index (χ4n) is 1.56. The molecule has 0 aliphatic heterocycles. The predicted molar refractivity (Wildman–Crippen MR) is 68.1 cm³/mol. The van der Waals surface area contributed by atoms with E-state index in [1.807, 2.05) is 6.07 Å². The molecule has 0 N–H and O–H groups in total. The smallest absolute Gasteiger partial charge is 0.268 e. The van der Waals surface area contributed by atoms with Crippen LogP contribution in [-0.2, 0) is 16.9 Å². The molecule has 1 aromatic heterocycles. The zero-order valence-electron chi connectivity index (χ0n) is 9.38. The first-order valence-electron chi connectivity index (χ1n) is 4.87. The van der Waals surface area contributed by atoms with Crippen LogP contribution in [0.3, 0.4) is 0 Å². The van der Waals surface area contributed by atoms with E-state index in [-0.39, 0.29) is 15.3 Å². The van der Waals surface area contributed by atoms with Crippen LogP contribution in [0.2, 0.25) is 0 Å². The van der Waals surface area contributed by atoms with Gasteiger partial charge in [-0.2, -0.15) is 0 Å². The van der Waals surface area contributed by atoms with Crippen LogP contribution >= 0.6 is 11.5 Å². The number of benzene rings is 1. The molecule has 1 aromatic carbocycles. The fourth-order valence-corrected chi connectivity index (χ4v) is 3.73. The van der Waals surface area contributed by atoms with Crippen molar-refractivity contribution >= 4 is 21.4 Å². The summed E-state index contributed by atoms with van der Waals surface area (Å²) >= 11 is 0.959. The minimum atomic E-state index is -3.39. The van der Waals surface area contributed by atoms with Crippen molar-refractivity contribution in [3.63, 3.8) is 0 Å². The van der Waals surface area contributed by atoms with Crippen molar-refractivity contribution in [1.82, 2.24) is 3.96 Å². The molecule has 2 aromatic rings. The maximum Gasteiger partial charge on any atom is 0.269 e. The normalized spacial score (nSPS) is 11.6. The molecule has 0 atom stereocenters. The molecular weight excluding hydrogens is 258 g/mol. The van der Waals surface area contributed by atoms with Crippen molar-refractivity contribution in [2.24, 2.45) is 7.05 Å². The Kier molecular flexibility index (Phi) is 2.92. The van der Waals surface area contributed by atoms with Gasteiger partial charge in [0.1, 0.15) is 4.21 Å². The van der Waals surface area contributed by atoms with E-state index in [0.29, 0.717) is 5.56 Å². The second-order valence-electron chi connectivity index (χ2n) is 3.69. The van der Waals surface area contributed by atoms with Crippen LogP contribution in [0.5, 0.6) is 0 Å². The van der Waals surface area contributed by atoms with E-state index in [1.165, 1.54) is 3.96 Å². The molecule has 0 aliphatic carbocycles. The highest BCUT2D eigenvalue weighted by Gasteiger charge is 2.22. The highest BCUT2D eigenvalue weighted by Crippen LogP contribution is 2.27. The van der Waals surface area contributed by atoms with Crippen LogP contribution in [-0.4, -0.2) is 18.6 Å². The van der Waals surface area contributed by atoms with Crippen molar-refractivity contribution in [3.8, 4) is 11.1 Å². The van der Waals surface area contributed by atoms with Gasteiger partial charge in [0.2, 0.25) is 0 Å². The van der Waals surface area contributed by atoms with Crippen molar-refractivity contribution in [2.45, 2.75) is 4.21 Å². The first kappa shape index (κ1) is 12.1. The lowest BCUT2D eigenvalue weighted by Crippen LogP contribution is -2.11. The molecule has 0 spiro atoms. The molecule has 0 fully saturated rings. The Morgan fingerprint density at radius 2 is 1.76 bits per heavy atom. The molecule has 90 valence electrons. The molecule has 6 heteroatoms. The van der Waals surface area contributed by atoms with E-state index in [4.69, 9.17) is 0 Å². The minimum absolute atomic E-state index is 0.121. The first-order chi connectivity index (χ1) is 7.91. The van der Waals surface area contributed by atoms with E-state index in [9.17, 15) is 13.2 Å². The Labute approximate surface area is 103 Å². The summed E-state index contributed by atoms with van der Waals surface area (Å²) < 4.78 is 24.8. The molecule has 0 radical (unpaired) electrons. The Balaban J connectivity index is 2.83. The van der Waals surface area contributed by atoms with E-state index in [2.05, 4.69) is 0 Å². The Morgan fingerprint density at radius 3 is 2.29 bits per heavy atom. The quantitative estimate of drug-likeness (QED) is 0.830. The molecule has 0 amide bonds. The summed E-state index contributed by atoms with van der Waals surface area (Å²) in [5.74, 6) is 0. The van der Waals surface area contributed by atoms with E-state index < -0.39 is 9.84 Å².